The normalized spacial score (nSPS) is 36.0. The quantitative estimate of drug-likeness (QED) is 0.627. The number of hydrogen-bond donors (Lipinski definition) is 3. The number of piperidine rings is 2. The van der Waals surface area contributed by atoms with Gasteiger partial charge in [0.25, 0.3) is 0 Å². The van der Waals surface area contributed by atoms with E-state index in [4.69, 9.17) is 11.6 Å². The molecule has 5 unspecified atom stereocenters. The van der Waals surface area contributed by atoms with Crippen molar-refractivity contribution in [1.29, 1.82) is 0 Å². The lowest BCUT2D eigenvalue weighted by molar-refractivity contribution is -0.137. The summed E-state index contributed by atoms with van der Waals surface area (Å²) >= 11 is 6.27. The van der Waals surface area contributed by atoms with Crippen LogP contribution < -0.4 is 16.0 Å². The first-order valence-electron chi connectivity index (χ1n) is 10.2. The van der Waals surface area contributed by atoms with Gasteiger partial charge in [-0.15, -0.1) is 11.6 Å². The van der Waals surface area contributed by atoms with Gasteiger partial charge in [0.05, 0.1) is 12.1 Å². The van der Waals surface area contributed by atoms with E-state index in [-0.39, 0.29) is 23.9 Å². The van der Waals surface area contributed by atoms with Gasteiger partial charge in [-0.05, 0) is 51.0 Å². The lowest BCUT2D eigenvalue weighted by atomic mass is 9.92. The zero-order valence-corrected chi connectivity index (χ0v) is 16.6. The Bertz CT molecular complexity index is 496. The molecular formula is C19H33ClN4O2. The van der Waals surface area contributed by atoms with Crippen LogP contribution in [0.5, 0.6) is 0 Å². The Kier molecular flexibility index (Phi) is 7.18. The molecule has 0 aromatic rings. The minimum Gasteiger partial charge on any atom is -0.345 e. The smallest absolute Gasteiger partial charge is 0.226 e. The van der Waals surface area contributed by atoms with Gasteiger partial charge in [-0.25, -0.2) is 0 Å². The average molecular weight is 385 g/mol. The Balaban J connectivity index is 1.33. The summed E-state index contributed by atoms with van der Waals surface area (Å²) in [6, 6.07) is 0.565. The molecule has 3 fully saturated rings. The molecule has 3 N–H and O–H groups in total. The zero-order valence-electron chi connectivity index (χ0n) is 15.8. The van der Waals surface area contributed by atoms with Crippen LogP contribution in [0.3, 0.4) is 0 Å². The molecule has 148 valence electrons. The SMILES string of the molecule is CN1CC(C(=O)NC2CCC(CNC3CCCC(Cl)C3)CN2)CCC1=O. The number of carbonyl (C=O) groups excluding carboxylic acids is 2. The fraction of sp³-hybridized carbons (Fsp3) is 0.895. The molecule has 2 saturated heterocycles. The van der Waals surface area contributed by atoms with Crippen LogP contribution in [-0.4, -0.2) is 61.0 Å². The van der Waals surface area contributed by atoms with E-state index in [1.165, 1.54) is 12.8 Å². The molecule has 2 amide bonds. The second-order valence-corrected chi connectivity index (χ2v) is 8.91. The van der Waals surface area contributed by atoms with Gasteiger partial charge < -0.3 is 15.5 Å². The lowest BCUT2D eigenvalue weighted by Crippen LogP contribution is -2.54. The lowest BCUT2D eigenvalue weighted by Gasteiger charge is -2.34. The summed E-state index contributed by atoms with van der Waals surface area (Å²) in [6.07, 6.45) is 7.97. The maximum atomic E-state index is 12.4. The number of hydrogen-bond acceptors (Lipinski definition) is 4. The molecule has 3 aliphatic rings. The average Bonchev–Trinajstić information content (AvgIpc) is 2.63. The number of amides is 2. The first-order chi connectivity index (χ1) is 12.5. The van der Waals surface area contributed by atoms with E-state index >= 15 is 0 Å². The van der Waals surface area contributed by atoms with Crippen LogP contribution in [0.25, 0.3) is 0 Å². The number of nitrogens with zero attached hydrogens (tertiary/aromatic N) is 1. The summed E-state index contributed by atoms with van der Waals surface area (Å²) in [5.41, 5.74) is 0. The molecule has 6 nitrogen and oxygen atoms in total. The maximum Gasteiger partial charge on any atom is 0.226 e. The van der Waals surface area contributed by atoms with E-state index in [1.807, 2.05) is 0 Å². The van der Waals surface area contributed by atoms with Crippen molar-refractivity contribution < 1.29 is 9.59 Å². The molecule has 3 rings (SSSR count). The largest absolute Gasteiger partial charge is 0.345 e. The molecule has 2 heterocycles. The molecule has 0 aromatic carbocycles. The van der Waals surface area contributed by atoms with E-state index in [9.17, 15) is 9.59 Å². The topological polar surface area (TPSA) is 73.5 Å². The maximum absolute atomic E-state index is 12.4. The third-order valence-corrected chi connectivity index (χ3v) is 6.53. The van der Waals surface area contributed by atoms with Crippen molar-refractivity contribution in [3.63, 3.8) is 0 Å². The van der Waals surface area contributed by atoms with E-state index in [0.717, 1.165) is 38.8 Å². The molecule has 0 aromatic heterocycles. The molecular weight excluding hydrogens is 352 g/mol. The Morgan fingerprint density at radius 3 is 2.81 bits per heavy atom. The molecule has 7 heteroatoms. The number of alkyl halides is 1. The van der Waals surface area contributed by atoms with Gasteiger partial charge in [-0.2, -0.15) is 0 Å². The predicted octanol–water partition coefficient (Wildman–Crippen LogP) is 1.44. The fourth-order valence-corrected chi connectivity index (χ4v) is 4.75. The van der Waals surface area contributed by atoms with E-state index in [0.29, 0.717) is 36.7 Å². The molecule has 2 aliphatic heterocycles. The van der Waals surface area contributed by atoms with Gasteiger partial charge in [0.2, 0.25) is 11.8 Å². The third kappa shape index (κ3) is 5.57. The Hall–Kier alpha value is -0.850. The number of halogens is 1. The van der Waals surface area contributed by atoms with E-state index in [1.54, 1.807) is 11.9 Å². The van der Waals surface area contributed by atoms with Gasteiger partial charge in [0, 0.05) is 38.0 Å². The van der Waals surface area contributed by atoms with Crippen LogP contribution in [0.15, 0.2) is 0 Å². The van der Waals surface area contributed by atoms with Crippen LogP contribution in [0.4, 0.5) is 0 Å². The number of rotatable bonds is 5. The number of likely N-dealkylation sites (tertiary alicyclic amines) is 1. The minimum absolute atomic E-state index is 0.0589. The van der Waals surface area contributed by atoms with Gasteiger partial charge >= 0.3 is 0 Å². The summed E-state index contributed by atoms with van der Waals surface area (Å²) in [5.74, 6) is 0.749. The predicted molar refractivity (Wildman–Crippen MR) is 103 cm³/mol. The monoisotopic (exact) mass is 384 g/mol. The number of nitrogens with one attached hydrogen (secondary N) is 3. The molecule has 0 bridgehead atoms. The van der Waals surface area contributed by atoms with Crippen molar-refractivity contribution >= 4 is 23.4 Å². The van der Waals surface area contributed by atoms with Crippen molar-refractivity contribution in [2.75, 3.05) is 26.7 Å². The van der Waals surface area contributed by atoms with Crippen molar-refractivity contribution in [3.05, 3.63) is 0 Å². The summed E-state index contributed by atoms with van der Waals surface area (Å²) < 4.78 is 0. The fourth-order valence-electron chi connectivity index (χ4n) is 4.38. The first-order valence-corrected chi connectivity index (χ1v) is 10.6. The highest BCUT2D eigenvalue weighted by atomic mass is 35.5. The standard InChI is InChI=1S/C19H33ClN4O2/c1-24-12-14(6-8-18(24)25)19(26)23-17-7-5-13(11-22-17)10-21-16-4-2-3-15(20)9-16/h13-17,21-22H,2-12H2,1H3,(H,23,26). The van der Waals surface area contributed by atoms with Crippen LogP contribution in [-0.2, 0) is 9.59 Å². The van der Waals surface area contributed by atoms with Crippen molar-refractivity contribution in [1.82, 2.24) is 20.9 Å². The first kappa shape index (κ1) is 19.9. The van der Waals surface area contributed by atoms with Crippen LogP contribution in [0, 0.1) is 11.8 Å². The number of carbonyl (C=O) groups is 2. The van der Waals surface area contributed by atoms with Crippen molar-refractivity contribution in [3.8, 4) is 0 Å². The Labute approximate surface area is 161 Å². The van der Waals surface area contributed by atoms with E-state index in [2.05, 4.69) is 16.0 Å². The summed E-state index contributed by atoms with van der Waals surface area (Å²) in [5, 5.41) is 10.6. The zero-order chi connectivity index (χ0) is 18.5. The van der Waals surface area contributed by atoms with Gasteiger partial charge in [-0.1, -0.05) is 6.42 Å². The Morgan fingerprint density at radius 1 is 1.27 bits per heavy atom. The summed E-state index contributed by atoms with van der Waals surface area (Å²) in [7, 11) is 1.77. The minimum atomic E-state index is -0.0753. The van der Waals surface area contributed by atoms with Crippen LogP contribution in [0.1, 0.15) is 51.4 Å². The molecule has 5 atom stereocenters. The third-order valence-electron chi connectivity index (χ3n) is 6.14. The second-order valence-electron chi connectivity index (χ2n) is 8.29. The molecule has 1 aliphatic carbocycles. The summed E-state index contributed by atoms with van der Waals surface area (Å²) in [6.45, 7) is 2.49. The Morgan fingerprint density at radius 2 is 2.12 bits per heavy atom. The molecule has 0 spiro atoms. The highest BCUT2D eigenvalue weighted by Crippen LogP contribution is 2.23. The van der Waals surface area contributed by atoms with Gasteiger partial charge in [0.1, 0.15) is 0 Å². The second kappa shape index (κ2) is 9.38. The summed E-state index contributed by atoms with van der Waals surface area (Å²) in [4.78, 5) is 25.7. The molecule has 0 radical (unpaired) electrons. The van der Waals surface area contributed by atoms with Crippen LogP contribution >= 0.6 is 11.6 Å². The molecule has 1 saturated carbocycles. The van der Waals surface area contributed by atoms with Crippen LogP contribution in [0.2, 0.25) is 0 Å². The van der Waals surface area contributed by atoms with Gasteiger partial charge in [-0.3, -0.25) is 14.9 Å². The van der Waals surface area contributed by atoms with E-state index < -0.39 is 0 Å². The van der Waals surface area contributed by atoms with Gasteiger partial charge in [0.15, 0.2) is 0 Å². The molecule has 26 heavy (non-hydrogen) atoms. The van der Waals surface area contributed by atoms with Crippen molar-refractivity contribution in [2.24, 2.45) is 11.8 Å². The highest BCUT2D eigenvalue weighted by molar-refractivity contribution is 6.20. The highest BCUT2D eigenvalue weighted by Gasteiger charge is 2.30. The van der Waals surface area contributed by atoms with Crippen molar-refractivity contribution in [2.45, 2.75) is 69.0 Å².